The van der Waals surface area contributed by atoms with Gasteiger partial charge in [0, 0.05) is 12.1 Å². The number of carbonyl (C=O) groups is 2. The SMILES string of the molecule is CC(C)OCN(Cc1ccc(C(=O)Cl)cc1)C(=O)CCl. The van der Waals surface area contributed by atoms with Crippen LogP contribution < -0.4 is 0 Å². The van der Waals surface area contributed by atoms with Crippen LogP contribution in [0.3, 0.4) is 0 Å². The Balaban J connectivity index is 2.73. The van der Waals surface area contributed by atoms with Gasteiger partial charge in [0.05, 0.1) is 6.10 Å². The van der Waals surface area contributed by atoms with Crippen LogP contribution in [-0.2, 0) is 16.1 Å². The third kappa shape index (κ3) is 5.49. The van der Waals surface area contributed by atoms with Crippen molar-refractivity contribution in [1.29, 1.82) is 0 Å². The number of ether oxygens (including phenoxy) is 1. The monoisotopic (exact) mass is 317 g/mol. The Hall–Kier alpha value is -1.10. The maximum Gasteiger partial charge on any atom is 0.252 e. The molecule has 0 fully saturated rings. The average Bonchev–Trinajstić information content (AvgIpc) is 2.42. The predicted octanol–water partition coefficient (Wildman–Crippen LogP) is 3.02. The Morgan fingerprint density at radius 1 is 1.25 bits per heavy atom. The lowest BCUT2D eigenvalue weighted by atomic mass is 10.1. The van der Waals surface area contributed by atoms with Gasteiger partial charge >= 0.3 is 0 Å². The molecule has 1 aromatic carbocycles. The van der Waals surface area contributed by atoms with E-state index in [2.05, 4.69) is 0 Å². The van der Waals surface area contributed by atoms with Gasteiger partial charge in [-0.1, -0.05) is 12.1 Å². The van der Waals surface area contributed by atoms with Crippen LogP contribution in [0, 0.1) is 0 Å². The molecule has 20 heavy (non-hydrogen) atoms. The summed E-state index contributed by atoms with van der Waals surface area (Å²) in [6.07, 6.45) is 0.0249. The first kappa shape index (κ1) is 17.0. The van der Waals surface area contributed by atoms with E-state index in [-0.39, 0.29) is 24.6 Å². The summed E-state index contributed by atoms with van der Waals surface area (Å²) < 4.78 is 5.43. The van der Waals surface area contributed by atoms with Gasteiger partial charge in [-0.05, 0) is 43.1 Å². The van der Waals surface area contributed by atoms with Crippen molar-refractivity contribution >= 4 is 34.4 Å². The molecule has 0 bridgehead atoms. The van der Waals surface area contributed by atoms with Crippen molar-refractivity contribution in [1.82, 2.24) is 4.90 Å². The summed E-state index contributed by atoms with van der Waals surface area (Å²) in [5.74, 6) is -0.301. The minimum absolute atomic E-state index is 0.0249. The minimum Gasteiger partial charge on any atom is -0.358 e. The van der Waals surface area contributed by atoms with Crippen LogP contribution >= 0.6 is 23.2 Å². The van der Waals surface area contributed by atoms with Crippen molar-refractivity contribution in [3.8, 4) is 0 Å². The zero-order valence-electron chi connectivity index (χ0n) is 11.4. The van der Waals surface area contributed by atoms with Gasteiger partial charge < -0.3 is 9.64 Å². The lowest BCUT2D eigenvalue weighted by Gasteiger charge is -2.23. The number of hydrogen-bond donors (Lipinski definition) is 0. The first-order chi connectivity index (χ1) is 9.43. The van der Waals surface area contributed by atoms with Gasteiger partial charge in [-0.15, -0.1) is 11.6 Å². The van der Waals surface area contributed by atoms with E-state index in [1.807, 2.05) is 13.8 Å². The summed E-state index contributed by atoms with van der Waals surface area (Å²) in [6.45, 7) is 4.34. The molecule has 0 spiro atoms. The lowest BCUT2D eigenvalue weighted by Crippen LogP contribution is -2.34. The number of nitrogens with zero attached hydrogens (tertiary/aromatic N) is 1. The van der Waals surface area contributed by atoms with Crippen molar-refractivity contribution < 1.29 is 14.3 Å². The summed E-state index contributed by atoms with van der Waals surface area (Å²) in [6, 6.07) is 6.74. The number of halogens is 2. The van der Waals surface area contributed by atoms with E-state index in [4.69, 9.17) is 27.9 Å². The van der Waals surface area contributed by atoms with Crippen LogP contribution in [0.5, 0.6) is 0 Å². The van der Waals surface area contributed by atoms with Gasteiger partial charge in [0.1, 0.15) is 12.6 Å². The molecule has 0 heterocycles. The van der Waals surface area contributed by atoms with Crippen molar-refractivity contribution in [2.45, 2.75) is 26.5 Å². The highest BCUT2D eigenvalue weighted by atomic mass is 35.5. The van der Waals surface area contributed by atoms with Gasteiger partial charge in [0.2, 0.25) is 5.91 Å². The normalized spacial score (nSPS) is 10.7. The molecular formula is C14H17Cl2NO3. The molecule has 0 saturated carbocycles. The van der Waals surface area contributed by atoms with Crippen molar-refractivity contribution in [2.24, 2.45) is 0 Å². The maximum atomic E-state index is 11.7. The summed E-state index contributed by atoms with van der Waals surface area (Å²) >= 11 is 11.0. The topological polar surface area (TPSA) is 46.6 Å². The predicted molar refractivity (Wildman–Crippen MR) is 79.0 cm³/mol. The van der Waals surface area contributed by atoms with E-state index in [0.717, 1.165) is 5.56 Å². The quantitative estimate of drug-likeness (QED) is 0.441. The fourth-order valence-electron chi connectivity index (χ4n) is 1.49. The summed E-state index contributed by atoms with van der Waals surface area (Å²) in [5.41, 5.74) is 1.29. The van der Waals surface area contributed by atoms with Gasteiger partial charge in [-0.25, -0.2) is 0 Å². The Morgan fingerprint density at radius 2 is 1.85 bits per heavy atom. The molecule has 1 rings (SSSR count). The Morgan fingerprint density at radius 3 is 2.30 bits per heavy atom. The van der Waals surface area contributed by atoms with Crippen molar-refractivity contribution in [3.05, 3.63) is 35.4 Å². The molecule has 1 amide bonds. The largest absolute Gasteiger partial charge is 0.358 e. The molecule has 0 atom stereocenters. The first-order valence-corrected chi connectivity index (χ1v) is 7.09. The van der Waals surface area contributed by atoms with E-state index in [0.29, 0.717) is 12.1 Å². The highest BCUT2D eigenvalue weighted by Gasteiger charge is 2.14. The van der Waals surface area contributed by atoms with E-state index in [1.165, 1.54) is 4.90 Å². The maximum absolute atomic E-state index is 11.7. The van der Waals surface area contributed by atoms with E-state index in [1.54, 1.807) is 24.3 Å². The molecule has 0 radical (unpaired) electrons. The van der Waals surface area contributed by atoms with Crippen LogP contribution in [0.15, 0.2) is 24.3 Å². The second-order valence-corrected chi connectivity index (χ2v) is 5.15. The van der Waals surface area contributed by atoms with E-state index < -0.39 is 5.24 Å². The van der Waals surface area contributed by atoms with Gasteiger partial charge in [0.15, 0.2) is 0 Å². The summed E-state index contributed by atoms with van der Waals surface area (Å²) in [4.78, 5) is 24.2. The molecule has 0 aromatic heterocycles. The molecule has 0 N–H and O–H groups in total. The third-order valence-corrected chi connectivity index (χ3v) is 3.03. The van der Waals surface area contributed by atoms with Crippen LogP contribution in [0.1, 0.15) is 29.8 Å². The van der Waals surface area contributed by atoms with Crippen LogP contribution in [-0.4, -0.2) is 34.8 Å². The first-order valence-electron chi connectivity index (χ1n) is 6.18. The molecule has 1 aromatic rings. The van der Waals surface area contributed by atoms with E-state index in [9.17, 15) is 9.59 Å². The molecule has 4 nitrogen and oxygen atoms in total. The number of amides is 1. The molecule has 0 aliphatic rings. The Labute approximate surface area is 128 Å². The van der Waals surface area contributed by atoms with Gasteiger partial charge in [-0.3, -0.25) is 9.59 Å². The van der Waals surface area contributed by atoms with Gasteiger partial charge in [0.25, 0.3) is 5.24 Å². The Bertz CT molecular complexity index is 460. The summed E-state index contributed by atoms with van der Waals surface area (Å²) in [5, 5.41) is -0.506. The number of rotatable bonds is 7. The molecule has 0 aliphatic carbocycles. The van der Waals surface area contributed by atoms with E-state index >= 15 is 0 Å². The Kier molecular flexibility index (Phi) is 6.99. The molecule has 110 valence electrons. The molecule has 0 saturated heterocycles. The number of hydrogen-bond acceptors (Lipinski definition) is 3. The molecule has 0 unspecified atom stereocenters. The average molecular weight is 318 g/mol. The number of benzene rings is 1. The highest BCUT2D eigenvalue weighted by molar-refractivity contribution is 6.67. The fraction of sp³-hybridized carbons (Fsp3) is 0.429. The van der Waals surface area contributed by atoms with Crippen LogP contribution in [0.2, 0.25) is 0 Å². The zero-order valence-corrected chi connectivity index (χ0v) is 12.9. The molecule has 0 aliphatic heterocycles. The summed E-state index contributed by atoms with van der Waals surface area (Å²) in [7, 11) is 0. The standard InChI is InChI=1S/C14H17Cl2NO3/c1-10(2)20-9-17(13(18)7-15)8-11-3-5-12(6-4-11)14(16)19/h3-6,10H,7-9H2,1-2H3. The lowest BCUT2D eigenvalue weighted by molar-refractivity contribution is -0.136. The third-order valence-electron chi connectivity index (χ3n) is 2.59. The van der Waals surface area contributed by atoms with Gasteiger partial charge in [-0.2, -0.15) is 0 Å². The molecular weight excluding hydrogens is 301 g/mol. The smallest absolute Gasteiger partial charge is 0.252 e. The number of carbonyl (C=O) groups excluding carboxylic acids is 2. The minimum atomic E-state index is -0.506. The zero-order chi connectivity index (χ0) is 15.1. The van der Waals surface area contributed by atoms with Crippen LogP contribution in [0.25, 0.3) is 0 Å². The fourth-order valence-corrected chi connectivity index (χ4v) is 1.79. The molecule has 6 heteroatoms. The second-order valence-electron chi connectivity index (χ2n) is 4.54. The van der Waals surface area contributed by atoms with Crippen LogP contribution in [0.4, 0.5) is 0 Å². The van der Waals surface area contributed by atoms with Crippen molar-refractivity contribution in [2.75, 3.05) is 12.6 Å². The van der Waals surface area contributed by atoms with Crippen molar-refractivity contribution in [3.63, 3.8) is 0 Å². The second kappa shape index (κ2) is 8.25. The highest BCUT2D eigenvalue weighted by Crippen LogP contribution is 2.10. The number of alkyl halides is 1.